The normalized spacial score (nSPS) is 12.6. The second-order valence-corrected chi connectivity index (χ2v) is 9.85. The van der Waals surface area contributed by atoms with Crippen LogP contribution in [0.3, 0.4) is 0 Å². The minimum absolute atomic E-state index is 0. The van der Waals surface area contributed by atoms with Crippen LogP contribution in [0, 0.1) is 5.92 Å². The summed E-state index contributed by atoms with van der Waals surface area (Å²) >= 11 is 0. The van der Waals surface area contributed by atoms with E-state index in [2.05, 4.69) is 18.0 Å². The molecule has 30 heavy (non-hydrogen) atoms. The first-order chi connectivity index (χ1) is 14.0. The molecule has 1 atom stereocenters. The van der Waals surface area contributed by atoms with Crippen LogP contribution < -0.4 is 29.6 Å². The van der Waals surface area contributed by atoms with Gasteiger partial charge in [0.15, 0.2) is 0 Å². The second-order valence-electron chi connectivity index (χ2n) is 8.79. The van der Waals surface area contributed by atoms with E-state index in [1.54, 1.807) is 0 Å². The van der Waals surface area contributed by atoms with Crippen LogP contribution in [0.1, 0.15) is 142 Å². The third-order valence-corrected chi connectivity index (χ3v) is 6.30. The summed E-state index contributed by atoms with van der Waals surface area (Å²) in [6.07, 6.45) is 25.2. The molecule has 0 aliphatic rings. The van der Waals surface area contributed by atoms with Crippen molar-refractivity contribution >= 4 is 10.4 Å². The molecule has 0 aromatic rings. The largest absolute Gasteiger partial charge is 1.00 e. The molecule has 0 bridgehead atoms. The minimum Gasteiger partial charge on any atom is -0.726 e. The molecule has 0 radical (unpaired) electrons. The van der Waals surface area contributed by atoms with Gasteiger partial charge < -0.3 is 4.55 Å². The quantitative estimate of drug-likeness (QED) is 0.0947. The van der Waals surface area contributed by atoms with Gasteiger partial charge in [-0.15, -0.1) is 0 Å². The van der Waals surface area contributed by atoms with Gasteiger partial charge in [-0.2, -0.15) is 0 Å². The van der Waals surface area contributed by atoms with E-state index in [1.807, 2.05) is 0 Å². The monoisotopic (exact) mass is 456 g/mol. The molecule has 0 aliphatic carbocycles. The van der Waals surface area contributed by atoms with Gasteiger partial charge in [0, 0.05) is 0 Å². The van der Waals surface area contributed by atoms with Crippen LogP contribution in [0.4, 0.5) is 0 Å². The SMILES string of the molecule is CCCCCCCCCCCCCCC(CCCCCCCC)COS(=O)(=O)[O-].[Na+]. The predicted octanol–water partition coefficient (Wildman–Crippen LogP) is 4.93. The molecule has 176 valence electrons. The van der Waals surface area contributed by atoms with Crippen molar-refractivity contribution < 1.29 is 46.7 Å². The fourth-order valence-electron chi connectivity index (χ4n) is 3.98. The molecular formula is C24H49NaO4S. The molecule has 0 fully saturated rings. The van der Waals surface area contributed by atoms with E-state index in [1.165, 1.54) is 103 Å². The molecule has 0 saturated carbocycles. The van der Waals surface area contributed by atoms with E-state index >= 15 is 0 Å². The number of hydrogen-bond acceptors (Lipinski definition) is 4. The maximum Gasteiger partial charge on any atom is 1.00 e. The van der Waals surface area contributed by atoms with E-state index in [9.17, 15) is 13.0 Å². The van der Waals surface area contributed by atoms with Crippen LogP contribution in [-0.2, 0) is 14.6 Å². The predicted molar refractivity (Wildman–Crippen MR) is 123 cm³/mol. The van der Waals surface area contributed by atoms with Crippen molar-refractivity contribution in [2.24, 2.45) is 5.92 Å². The minimum atomic E-state index is -4.57. The number of rotatable bonds is 23. The summed E-state index contributed by atoms with van der Waals surface area (Å²) in [7, 11) is -4.57. The van der Waals surface area contributed by atoms with Gasteiger partial charge >= 0.3 is 29.6 Å². The Kier molecular flexibility index (Phi) is 27.0. The van der Waals surface area contributed by atoms with Gasteiger partial charge in [-0.05, 0) is 18.8 Å². The van der Waals surface area contributed by atoms with Gasteiger partial charge in [-0.3, -0.25) is 4.18 Å². The van der Waals surface area contributed by atoms with E-state index in [-0.39, 0.29) is 42.1 Å². The van der Waals surface area contributed by atoms with Crippen LogP contribution >= 0.6 is 0 Å². The smallest absolute Gasteiger partial charge is 0.726 e. The average molecular weight is 457 g/mol. The van der Waals surface area contributed by atoms with Crippen molar-refractivity contribution in [3.05, 3.63) is 0 Å². The second kappa shape index (κ2) is 24.5. The summed E-state index contributed by atoms with van der Waals surface area (Å²) in [5, 5.41) is 0. The van der Waals surface area contributed by atoms with Crippen LogP contribution in [0.15, 0.2) is 0 Å². The Labute approximate surface area is 210 Å². The summed E-state index contributed by atoms with van der Waals surface area (Å²) < 4.78 is 36.9. The van der Waals surface area contributed by atoms with Crippen LogP contribution in [0.2, 0.25) is 0 Å². The molecule has 0 aromatic heterocycles. The Hall–Kier alpha value is 0.870. The van der Waals surface area contributed by atoms with Crippen LogP contribution in [-0.4, -0.2) is 19.6 Å². The number of hydrogen-bond donors (Lipinski definition) is 0. The van der Waals surface area contributed by atoms with Gasteiger partial charge in [0.05, 0.1) is 6.61 Å². The number of unbranched alkanes of at least 4 members (excludes halogenated alkanes) is 16. The molecule has 0 saturated heterocycles. The third kappa shape index (κ3) is 26.9. The summed E-state index contributed by atoms with van der Waals surface area (Å²) in [6, 6.07) is 0. The molecule has 0 amide bonds. The van der Waals surface area contributed by atoms with Crippen LogP contribution in [0.5, 0.6) is 0 Å². The fourth-order valence-corrected chi connectivity index (χ4v) is 4.34. The van der Waals surface area contributed by atoms with E-state index in [4.69, 9.17) is 0 Å². The Morgan fingerprint density at radius 1 is 0.600 bits per heavy atom. The van der Waals surface area contributed by atoms with E-state index < -0.39 is 10.4 Å². The van der Waals surface area contributed by atoms with Gasteiger partial charge in [-0.25, -0.2) is 8.42 Å². The van der Waals surface area contributed by atoms with Gasteiger partial charge in [0.1, 0.15) is 0 Å². The molecule has 1 unspecified atom stereocenters. The Balaban J connectivity index is 0. The first-order valence-electron chi connectivity index (χ1n) is 12.6. The molecule has 4 nitrogen and oxygen atoms in total. The summed E-state index contributed by atoms with van der Waals surface area (Å²) in [5.74, 6) is 0.202. The molecular weight excluding hydrogens is 407 g/mol. The maximum absolute atomic E-state index is 10.8. The molecule has 0 rings (SSSR count). The van der Waals surface area contributed by atoms with E-state index in [0.717, 1.165) is 25.7 Å². The molecule has 6 heteroatoms. The molecule has 0 spiro atoms. The molecule has 0 N–H and O–H groups in total. The molecule has 0 heterocycles. The maximum atomic E-state index is 10.8. The zero-order valence-corrected chi connectivity index (χ0v) is 23.3. The summed E-state index contributed by atoms with van der Waals surface area (Å²) in [4.78, 5) is 0. The standard InChI is InChI=1S/C24H50O4S.Na/c1-3-5-7-9-11-12-13-14-15-16-18-20-22-24(23-28-29(25,26)27)21-19-17-10-8-6-4-2;/h24H,3-23H2,1-2H3,(H,25,26,27);/q;+1/p-1. The summed E-state index contributed by atoms with van der Waals surface area (Å²) in [6.45, 7) is 4.54. The Bertz CT molecular complexity index is 429. The fraction of sp³-hybridized carbons (Fsp3) is 1.00. The third-order valence-electron chi connectivity index (χ3n) is 5.88. The molecule has 0 aliphatic heterocycles. The van der Waals surface area contributed by atoms with Crippen molar-refractivity contribution in [3.63, 3.8) is 0 Å². The Morgan fingerprint density at radius 3 is 1.20 bits per heavy atom. The van der Waals surface area contributed by atoms with Crippen molar-refractivity contribution in [2.45, 2.75) is 142 Å². The van der Waals surface area contributed by atoms with Crippen molar-refractivity contribution in [3.8, 4) is 0 Å². The average Bonchev–Trinajstić information content (AvgIpc) is 2.68. The Morgan fingerprint density at radius 2 is 0.900 bits per heavy atom. The first-order valence-corrected chi connectivity index (χ1v) is 13.9. The van der Waals surface area contributed by atoms with Crippen molar-refractivity contribution in [1.82, 2.24) is 0 Å². The topological polar surface area (TPSA) is 66.4 Å². The summed E-state index contributed by atoms with van der Waals surface area (Å²) in [5.41, 5.74) is 0. The zero-order valence-electron chi connectivity index (χ0n) is 20.5. The van der Waals surface area contributed by atoms with E-state index in [0.29, 0.717) is 0 Å². The van der Waals surface area contributed by atoms with Gasteiger partial charge in [-0.1, -0.05) is 129 Å². The van der Waals surface area contributed by atoms with Crippen molar-refractivity contribution in [1.29, 1.82) is 0 Å². The van der Waals surface area contributed by atoms with Gasteiger partial charge in [0.25, 0.3) is 0 Å². The van der Waals surface area contributed by atoms with Crippen LogP contribution in [0.25, 0.3) is 0 Å². The molecule has 0 aromatic carbocycles. The van der Waals surface area contributed by atoms with Gasteiger partial charge in [0.2, 0.25) is 10.4 Å². The van der Waals surface area contributed by atoms with Crippen molar-refractivity contribution in [2.75, 3.05) is 6.61 Å². The zero-order chi connectivity index (χ0) is 21.6. The first kappa shape index (κ1) is 33.0.